The van der Waals surface area contributed by atoms with Crippen molar-refractivity contribution in [3.63, 3.8) is 0 Å². The van der Waals surface area contributed by atoms with E-state index in [-0.39, 0.29) is 0 Å². The van der Waals surface area contributed by atoms with Gasteiger partial charge in [0, 0.05) is 24.4 Å². The van der Waals surface area contributed by atoms with E-state index in [0.29, 0.717) is 12.6 Å². The summed E-state index contributed by atoms with van der Waals surface area (Å²) in [6, 6.07) is 8.79. The lowest BCUT2D eigenvalue weighted by molar-refractivity contribution is 0.321. The molecule has 0 aliphatic rings. The minimum absolute atomic E-state index is 0.490. The number of thiazole rings is 1. The van der Waals surface area contributed by atoms with Crippen LogP contribution in [-0.4, -0.2) is 17.6 Å². The van der Waals surface area contributed by atoms with E-state index >= 15 is 0 Å². The monoisotopic (exact) mass is 304 g/mol. The summed E-state index contributed by atoms with van der Waals surface area (Å²) in [4.78, 5) is 4.62. The molecule has 0 aliphatic carbocycles. The molecule has 0 amide bonds. The predicted octanol–water partition coefficient (Wildman–Crippen LogP) is 3.83. The zero-order chi connectivity index (χ0) is 15.1. The van der Waals surface area contributed by atoms with Crippen LogP contribution in [0.3, 0.4) is 0 Å². The topological polar surface area (TPSA) is 34.1 Å². The maximum atomic E-state index is 5.81. The van der Waals surface area contributed by atoms with Gasteiger partial charge in [-0.25, -0.2) is 4.98 Å². The van der Waals surface area contributed by atoms with Gasteiger partial charge in [-0.05, 0) is 24.1 Å². The summed E-state index contributed by atoms with van der Waals surface area (Å²) in [6.07, 6.45) is 1.90. The summed E-state index contributed by atoms with van der Waals surface area (Å²) in [7, 11) is 0. The fourth-order valence-corrected chi connectivity index (χ4v) is 2.74. The number of aromatic nitrogens is 1. The van der Waals surface area contributed by atoms with E-state index in [2.05, 4.69) is 48.6 Å². The van der Waals surface area contributed by atoms with E-state index in [0.717, 1.165) is 35.8 Å². The van der Waals surface area contributed by atoms with Crippen LogP contribution in [-0.2, 0) is 19.4 Å². The van der Waals surface area contributed by atoms with Crippen LogP contribution in [0.15, 0.2) is 29.6 Å². The number of benzene rings is 1. The molecule has 0 unspecified atom stereocenters. The second-order valence-electron chi connectivity index (χ2n) is 5.37. The van der Waals surface area contributed by atoms with E-state index in [9.17, 15) is 0 Å². The zero-order valence-electron chi connectivity index (χ0n) is 13.1. The van der Waals surface area contributed by atoms with Crippen molar-refractivity contribution >= 4 is 11.3 Å². The SMILES string of the molecule is CCc1cccc(OCCc2nc(CNC(C)C)cs2)c1. The normalized spacial score (nSPS) is 11.0. The summed E-state index contributed by atoms with van der Waals surface area (Å²) >= 11 is 1.71. The molecule has 2 aromatic rings. The van der Waals surface area contributed by atoms with Gasteiger partial charge in [0.15, 0.2) is 0 Å². The number of hydrogen-bond donors (Lipinski definition) is 1. The van der Waals surface area contributed by atoms with Crippen LogP contribution >= 0.6 is 11.3 Å². The highest BCUT2D eigenvalue weighted by Gasteiger charge is 2.03. The van der Waals surface area contributed by atoms with Crippen molar-refractivity contribution in [2.24, 2.45) is 0 Å². The molecule has 0 atom stereocenters. The van der Waals surface area contributed by atoms with Gasteiger partial charge in [0.25, 0.3) is 0 Å². The van der Waals surface area contributed by atoms with Crippen LogP contribution in [0, 0.1) is 0 Å². The van der Waals surface area contributed by atoms with Crippen molar-refractivity contribution in [2.75, 3.05) is 6.61 Å². The Morgan fingerprint density at radius 3 is 2.95 bits per heavy atom. The molecular formula is C17H24N2OS. The maximum absolute atomic E-state index is 5.81. The van der Waals surface area contributed by atoms with Crippen molar-refractivity contribution in [2.45, 2.75) is 46.2 Å². The van der Waals surface area contributed by atoms with Gasteiger partial charge in [-0.1, -0.05) is 32.9 Å². The van der Waals surface area contributed by atoms with Gasteiger partial charge in [0.2, 0.25) is 0 Å². The zero-order valence-corrected chi connectivity index (χ0v) is 13.9. The fourth-order valence-electron chi connectivity index (χ4n) is 1.97. The summed E-state index contributed by atoms with van der Waals surface area (Å²) in [5, 5.41) is 6.65. The van der Waals surface area contributed by atoms with Crippen LogP contribution in [0.25, 0.3) is 0 Å². The van der Waals surface area contributed by atoms with E-state index in [1.807, 2.05) is 12.1 Å². The van der Waals surface area contributed by atoms with Crippen LogP contribution in [0.5, 0.6) is 5.75 Å². The predicted molar refractivity (Wildman–Crippen MR) is 89.1 cm³/mol. The minimum Gasteiger partial charge on any atom is -0.493 e. The number of nitrogens with zero attached hydrogens (tertiary/aromatic N) is 1. The Balaban J connectivity index is 1.77. The number of rotatable bonds is 8. The highest BCUT2D eigenvalue weighted by atomic mass is 32.1. The molecule has 1 aromatic heterocycles. The lowest BCUT2D eigenvalue weighted by atomic mass is 10.2. The van der Waals surface area contributed by atoms with E-state index in [1.165, 1.54) is 5.56 Å². The standard InChI is InChI=1S/C17H24N2OS/c1-4-14-6-5-7-16(10-14)20-9-8-17-19-15(12-21-17)11-18-13(2)3/h5-7,10,12-13,18H,4,8-9,11H2,1-3H3. The Hall–Kier alpha value is -1.39. The van der Waals surface area contributed by atoms with Gasteiger partial charge in [-0.2, -0.15) is 0 Å². The average molecular weight is 304 g/mol. The van der Waals surface area contributed by atoms with E-state index in [1.54, 1.807) is 11.3 Å². The number of ether oxygens (including phenoxy) is 1. The second-order valence-corrected chi connectivity index (χ2v) is 6.31. The van der Waals surface area contributed by atoms with Crippen molar-refractivity contribution in [1.29, 1.82) is 0 Å². The molecule has 0 fully saturated rings. The fraction of sp³-hybridized carbons (Fsp3) is 0.471. The third-order valence-corrected chi connectivity index (χ3v) is 4.14. The van der Waals surface area contributed by atoms with Gasteiger partial charge < -0.3 is 10.1 Å². The van der Waals surface area contributed by atoms with Crippen LogP contribution < -0.4 is 10.1 Å². The summed E-state index contributed by atoms with van der Waals surface area (Å²) in [6.45, 7) is 7.96. The Morgan fingerprint density at radius 2 is 2.19 bits per heavy atom. The smallest absolute Gasteiger partial charge is 0.119 e. The van der Waals surface area contributed by atoms with Gasteiger partial charge in [-0.3, -0.25) is 0 Å². The Bertz CT molecular complexity index is 551. The summed E-state index contributed by atoms with van der Waals surface area (Å²) in [5.41, 5.74) is 2.43. The Labute approximate surface area is 131 Å². The molecule has 1 aromatic carbocycles. The Morgan fingerprint density at radius 1 is 1.33 bits per heavy atom. The molecule has 3 nitrogen and oxygen atoms in total. The highest BCUT2D eigenvalue weighted by Crippen LogP contribution is 2.15. The molecule has 114 valence electrons. The quantitative estimate of drug-likeness (QED) is 0.805. The maximum Gasteiger partial charge on any atom is 0.119 e. The largest absolute Gasteiger partial charge is 0.493 e. The molecule has 1 N–H and O–H groups in total. The summed E-state index contributed by atoms with van der Waals surface area (Å²) < 4.78 is 5.81. The molecule has 21 heavy (non-hydrogen) atoms. The number of aryl methyl sites for hydroxylation is 1. The van der Waals surface area contributed by atoms with E-state index in [4.69, 9.17) is 4.74 Å². The highest BCUT2D eigenvalue weighted by molar-refractivity contribution is 7.09. The van der Waals surface area contributed by atoms with Crippen LogP contribution in [0.1, 0.15) is 37.0 Å². The molecule has 2 rings (SSSR count). The van der Waals surface area contributed by atoms with Gasteiger partial charge >= 0.3 is 0 Å². The molecule has 0 saturated carbocycles. The molecule has 0 bridgehead atoms. The first kappa shape index (κ1) is 16.0. The molecule has 0 saturated heterocycles. The first-order chi connectivity index (χ1) is 10.2. The number of nitrogens with one attached hydrogen (secondary N) is 1. The van der Waals surface area contributed by atoms with E-state index < -0.39 is 0 Å². The average Bonchev–Trinajstić information content (AvgIpc) is 2.93. The molecule has 0 radical (unpaired) electrons. The summed E-state index contributed by atoms with van der Waals surface area (Å²) in [5.74, 6) is 0.951. The minimum atomic E-state index is 0.490. The molecule has 1 heterocycles. The second kappa shape index (κ2) is 8.15. The molecule has 0 spiro atoms. The lowest BCUT2D eigenvalue weighted by Crippen LogP contribution is -2.21. The first-order valence-electron chi connectivity index (χ1n) is 7.55. The van der Waals surface area contributed by atoms with Gasteiger partial charge in [-0.15, -0.1) is 11.3 Å². The van der Waals surface area contributed by atoms with Gasteiger partial charge in [0.1, 0.15) is 5.75 Å². The number of hydrogen-bond acceptors (Lipinski definition) is 4. The lowest BCUT2D eigenvalue weighted by Gasteiger charge is -2.06. The first-order valence-corrected chi connectivity index (χ1v) is 8.43. The van der Waals surface area contributed by atoms with Crippen molar-refractivity contribution < 1.29 is 4.74 Å². The van der Waals surface area contributed by atoms with Gasteiger partial charge in [0.05, 0.1) is 17.3 Å². The molecule has 0 aliphatic heterocycles. The van der Waals surface area contributed by atoms with Crippen LogP contribution in [0.2, 0.25) is 0 Å². The third kappa shape index (κ3) is 5.48. The molecular weight excluding hydrogens is 280 g/mol. The third-order valence-electron chi connectivity index (χ3n) is 3.18. The van der Waals surface area contributed by atoms with Crippen molar-refractivity contribution in [3.8, 4) is 5.75 Å². The molecule has 4 heteroatoms. The van der Waals surface area contributed by atoms with Crippen molar-refractivity contribution in [1.82, 2.24) is 10.3 Å². The van der Waals surface area contributed by atoms with Crippen LogP contribution in [0.4, 0.5) is 0 Å². The Kier molecular flexibility index (Phi) is 6.21. The van der Waals surface area contributed by atoms with Crippen molar-refractivity contribution in [3.05, 3.63) is 45.9 Å².